The van der Waals surface area contributed by atoms with Gasteiger partial charge in [0, 0.05) is 12.1 Å². The van der Waals surface area contributed by atoms with Crippen LogP contribution < -0.4 is 14.8 Å². The first-order chi connectivity index (χ1) is 11.0. The van der Waals surface area contributed by atoms with Crippen LogP contribution in [0.15, 0.2) is 18.2 Å². The highest BCUT2D eigenvalue weighted by Crippen LogP contribution is 2.29. The van der Waals surface area contributed by atoms with Gasteiger partial charge in [-0.05, 0) is 50.4 Å². The van der Waals surface area contributed by atoms with Gasteiger partial charge < -0.3 is 14.8 Å². The molecule has 2 atom stereocenters. The lowest BCUT2D eigenvalue weighted by Gasteiger charge is -2.30. The number of likely N-dealkylation sites (tertiary alicyclic amines) is 1. The number of carbonyl (C=O) groups is 1. The van der Waals surface area contributed by atoms with Crippen LogP contribution in [0.5, 0.6) is 11.5 Å². The van der Waals surface area contributed by atoms with Gasteiger partial charge in [-0.1, -0.05) is 6.92 Å². The zero-order chi connectivity index (χ0) is 16.8. The van der Waals surface area contributed by atoms with Gasteiger partial charge in [0.15, 0.2) is 0 Å². The van der Waals surface area contributed by atoms with Crippen molar-refractivity contribution in [3.05, 3.63) is 23.8 Å². The summed E-state index contributed by atoms with van der Waals surface area (Å²) in [7, 11) is 3.27. The molecule has 1 saturated heterocycles. The topological polar surface area (TPSA) is 50.8 Å². The first kappa shape index (κ1) is 17.6. The molecular formula is C18H28N2O3. The summed E-state index contributed by atoms with van der Waals surface area (Å²) in [4.78, 5) is 14.6. The van der Waals surface area contributed by atoms with Gasteiger partial charge in [-0.2, -0.15) is 0 Å². The number of benzene rings is 1. The highest BCUT2D eigenvalue weighted by molar-refractivity contribution is 5.78. The fourth-order valence-corrected chi connectivity index (χ4v) is 3.18. The molecule has 5 heteroatoms. The lowest BCUT2D eigenvalue weighted by molar-refractivity contribution is -0.123. The summed E-state index contributed by atoms with van der Waals surface area (Å²) < 4.78 is 10.7. The molecular weight excluding hydrogens is 292 g/mol. The van der Waals surface area contributed by atoms with Gasteiger partial charge >= 0.3 is 0 Å². The Morgan fingerprint density at radius 2 is 2.17 bits per heavy atom. The van der Waals surface area contributed by atoms with E-state index < -0.39 is 0 Å². The number of piperidine rings is 1. The fraction of sp³-hybridized carbons (Fsp3) is 0.611. The van der Waals surface area contributed by atoms with Crippen LogP contribution in [-0.2, 0) is 4.79 Å². The summed E-state index contributed by atoms with van der Waals surface area (Å²) in [5, 5.41) is 3.07. The monoisotopic (exact) mass is 320 g/mol. The van der Waals surface area contributed by atoms with Crippen LogP contribution in [0.25, 0.3) is 0 Å². The van der Waals surface area contributed by atoms with Gasteiger partial charge in [-0.3, -0.25) is 9.69 Å². The first-order valence-corrected chi connectivity index (χ1v) is 8.27. The Kier molecular flexibility index (Phi) is 6.28. The Morgan fingerprint density at radius 3 is 2.83 bits per heavy atom. The molecule has 0 aliphatic carbocycles. The summed E-state index contributed by atoms with van der Waals surface area (Å²) in [6.45, 7) is 6.68. The van der Waals surface area contributed by atoms with Crippen molar-refractivity contribution in [2.75, 3.05) is 33.9 Å². The average molecular weight is 320 g/mol. The highest BCUT2D eigenvalue weighted by atomic mass is 16.5. The third-order valence-corrected chi connectivity index (χ3v) is 4.39. The Balaban J connectivity index is 1.97. The van der Waals surface area contributed by atoms with E-state index in [-0.39, 0.29) is 11.9 Å². The Morgan fingerprint density at radius 1 is 1.39 bits per heavy atom. The van der Waals surface area contributed by atoms with Gasteiger partial charge in [0.25, 0.3) is 0 Å². The van der Waals surface area contributed by atoms with Crippen LogP contribution in [0.1, 0.15) is 38.3 Å². The normalized spacial score (nSPS) is 19.9. The zero-order valence-corrected chi connectivity index (χ0v) is 14.6. The molecule has 23 heavy (non-hydrogen) atoms. The van der Waals surface area contributed by atoms with Crippen molar-refractivity contribution >= 4 is 5.91 Å². The van der Waals surface area contributed by atoms with Gasteiger partial charge in [-0.15, -0.1) is 0 Å². The molecule has 0 saturated carbocycles. The third kappa shape index (κ3) is 4.86. The molecule has 0 radical (unpaired) electrons. The molecule has 1 fully saturated rings. The minimum absolute atomic E-state index is 0.0523. The maximum Gasteiger partial charge on any atom is 0.234 e. The van der Waals surface area contributed by atoms with Crippen LogP contribution in [0.3, 0.4) is 0 Å². The van der Waals surface area contributed by atoms with E-state index in [1.807, 2.05) is 25.1 Å². The maximum absolute atomic E-state index is 12.3. The molecule has 2 unspecified atom stereocenters. The number of hydrogen-bond acceptors (Lipinski definition) is 4. The Labute approximate surface area is 139 Å². The quantitative estimate of drug-likeness (QED) is 0.875. The third-order valence-electron chi connectivity index (χ3n) is 4.39. The van der Waals surface area contributed by atoms with Gasteiger partial charge in [-0.25, -0.2) is 0 Å². The van der Waals surface area contributed by atoms with E-state index in [4.69, 9.17) is 9.47 Å². The molecule has 128 valence electrons. The maximum atomic E-state index is 12.3. The number of amides is 1. The van der Waals surface area contributed by atoms with Crippen molar-refractivity contribution < 1.29 is 14.3 Å². The lowest BCUT2D eigenvalue weighted by Crippen LogP contribution is -2.42. The fourth-order valence-electron chi connectivity index (χ4n) is 3.18. The number of rotatable bonds is 6. The van der Waals surface area contributed by atoms with E-state index in [1.165, 1.54) is 12.8 Å². The summed E-state index contributed by atoms with van der Waals surface area (Å²) in [6, 6.07) is 5.50. The molecule has 1 aromatic rings. The second-order valence-corrected chi connectivity index (χ2v) is 6.38. The van der Waals surface area contributed by atoms with Gasteiger partial charge in [0.05, 0.1) is 26.8 Å². The summed E-state index contributed by atoms with van der Waals surface area (Å²) in [5.74, 6) is 2.24. The summed E-state index contributed by atoms with van der Waals surface area (Å²) in [5.41, 5.74) is 0.923. The van der Waals surface area contributed by atoms with Crippen LogP contribution in [0.4, 0.5) is 0 Å². The number of carbonyl (C=O) groups excluding carboxylic acids is 1. The lowest BCUT2D eigenvalue weighted by atomic mass is 10.0. The van der Waals surface area contributed by atoms with Crippen molar-refractivity contribution in [3.63, 3.8) is 0 Å². The molecule has 2 rings (SSSR count). The number of ether oxygens (including phenoxy) is 2. The van der Waals surface area contributed by atoms with Crippen LogP contribution in [-0.4, -0.2) is 44.7 Å². The molecule has 1 N–H and O–H groups in total. The molecule has 0 bridgehead atoms. The van der Waals surface area contributed by atoms with Gasteiger partial charge in [0.2, 0.25) is 5.91 Å². The molecule has 5 nitrogen and oxygen atoms in total. The minimum atomic E-state index is -0.130. The molecule has 0 aromatic heterocycles. The summed E-state index contributed by atoms with van der Waals surface area (Å²) >= 11 is 0. The second kappa shape index (κ2) is 8.20. The number of nitrogens with zero attached hydrogens (tertiary/aromatic N) is 1. The van der Waals surface area contributed by atoms with E-state index in [0.717, 1.165) is 30.2 Å². The van der Waals surface area contributed by atoms with Crippen molar-refractivity contribution in [2.45, 2.75) is 32.7 Å². The smallest absolute Gasteiger partial charge is 0.234 e. The zero-order valence-electron chi connectivity index (χ0n) is 14.6. The number of methoxy groups -OCH3 is 2. The van der Waals surface area contributed by atoms with E-state index in [0.29, 0.717) is 12.5 Å². The predicted octanol–water partition coefficient (Wildman–Crippen LogP) is 2.61. The molecule has 1 heterocycles. The minimum Gasteiger partial charge on any atom is -0.497 e. The van der Waals surface area contributed by atoms with E-state index >= 15 is 0 Å². The first-order valence-electron chi connectivity index (χ1n) is 8.27. The van der Waals surface area contributed by atoms with Crippen LogP contribution in [0.2, 0.25) is 0 Å². The largest absolute Gasteiger partial charge is 0.497 e. The van der Waals surface area contributed by atoms with Crippen molar-refractivity contribution in [3.8, 4) is 11.5 Å². The Bertz CT molecular complexity index is 533. The summed E-state index contributed by atoms with van der Waals surface area (Å²) in [6.07, 6.45) is 2.43. The van der Waals surface area contributed by atoms with E-state index in [9.17, 15) is 4.79 Å². The number of hydrogen-bond donors (Lipinski definition) is 1. The molecule has 1 aromatic carbocycles. The second-order valence-electron chi connectivity index (χ2n) is 6.38. The van der Waals surface area contributed by atoms with Crippen molar-refractivity contribution in [1.82, 2.24) is 10.2 Å². The molecule has 0 spiro atoms. The molecule has 1 aliphatic rings. The van der Waals surface area contributed by atoms with Crippen molar-refractivity contribution in [1.29, 1.82) is 0 Å². The molecule has 1 amide bonds. The van der Waals surface area contributed by atoms with E-state index in [1.54, 1.807) is 14.2 Å². The highest BCUT2D eigenvalue weighted by Gasteiger charge is 2.20. The Hall–Kier alpha value is -1.75. The van der Waals surface area contributed by atoms with Crippen LogP contribution in [0, 0.1) is 5.92 Å². The average Bonchev–Trinajstić information content (AvgIpc) is 2.54. The SMILES string of the molecule is COc1ccc(OC)c(C(C)NC(=O)CN2CCCC(C)C2)c1. The molecule has 1 aliphatic heterocycles. The van der Waals surface area contributed by atoms with Crippen molar-refractivity contribution in [2.24, 2.45) is 5.92 Å². The standard InChI is InChI=1S/C18H28N2O3/c1-13-6-5-9-20(11-13)12-18(21)19-14(2)16-10-15(22-3)7-8-17(16)23-4/h7-8,10,13-14H,5-6,9,11-12H2,1-4H3,(H,19,21). The number of nitrogens with one attached hydrogen (secondary N) is 1. The van der Waals surface area contributed by atoms with Crippen LogP contribution >= 0.6 is 0 Å². The van der Waals surface area contributed by atoms with Gasteiger partial charge in [0.1, 0.15) is 11.5 Å². The predicted molar refractivity (Wildman–Crippen MR) is 90.9 cm³/mol. The van der Waals surface area contributed by atoms with E-state index in [2.05, 4.69) is 17.1 Å².